The van der Waals surface area contributed by atoms with E-state index in [-0.39, 0.29) is 28.7 Å². The third-order valence-electron chi connectivity index (χ3n) is 4.62. The number of hydrogen-bond acceptors (Lipinski definition) is 5. The average Bonchev–Trinajstić information content (AvgIpc) is 2.71. The number of rotatable bonds is 6. The van der Waals surface area contributed by atoms with Crippen LogP contribution in [-0.4, -0.2) is 35.6 Å². The van der Waals surface area contributed by atoms with Crippen molar-refractivity contribution in [3.63, 3.8) is 0 Å². The second kappa shape index (κ2) is 8.91. The number of halogens is 1. The summed E-state index contributed by atoms with van der Waals surface area (Å²) in [5.74, 6) is -0.0651. The summed E-state index contributed by atoms with van der Waals surface area (Å²) in [4.78, 5) is 20.8. The number of carbonyl (C=O) groups is 1. The second-order valence-corrected chi connectivity index (χ2v) is 9.34. The summed E-state index contributed by atoms with van der Waals surface area (Å²) >= 11 is 5.82. The molecule has 30 heavy (non-hydrogen) atoms. The summed E-state index contributed by atoms with van der Waals surface area (Å²) in [5.41, 5.74) is 3.17. The van der Waals surface area contributed by atoms with Gasteiger partial charge < -0.3 is 5.32 Å². The third-order valence-corrected chi connectivity index (χ3v) is 6.69. The van der Waals surface area contributed by atoms with Crippen LogP contribution in [0, 0.1) is 13.8 Å². The Morgan fingerprint density at radius 1 is 1.03 bits per heavy atom. The first-order chi connectivity index (χ1) is 14.2. The van der Waals surface area contributed by atoms with Crippen molar-refractivity contribution >= 4 is 33.2 Å². The molecule has 3 rings (SSSR count). The van der Waals surface area contributed by atoms with E-state index in [0.717, 1.165) is 15.4 Å². The molecule has 0 aliphatic carbocycles. The van der Waals surface area contributed by atoms with Crippen LogP contribution >= 0.6 is 11.6 Å². The maximum absolute atomic E-state index is 12.6. The molecule has 0 radical (unpaired) electrons. The Labute approximate surface area is 180 Å². The van der Waals surface area contributed by atoms with E-state index in [1.165, 1.54) is 43.7 Å². The third kappa shape index (κ3) is 5.02. The molecule has 2 aromatic carbocycles. The number of sulfonamides is 1. The zero-order valence-corrected chi connectivity index (χ0v) is 18.3. The number of aromatic nitrogens is 2. The molecular weight excluding hydrogens is 424 g/mol. The molecule has 0 spiro atoms. The van der Waals surface area contributed by atoms with Gasteiger partial charge in [0.15, 0.2) is 0 Å². The summed E-state index contributed by atoms with van der Waals surface area (Å²) in [6, 6.07) is 11.6. The van der Waals surface area contributed by atoms with Crippen LogP contribution in [0.5, 0.6) is 0 Å². The van der Waals surface area contributed by atoms with Gasteiger partial charge in [-0.15, -0.1) is 0 Å². The van der Waals surface area contributed by atoms with Crippen LogP contribution in [0.3, 0.4) is 0 Å². The van der Waals surface area contributed by atoms with Crippen LogP contribution in [-0.2, 0) is 16.6 Å². The van der Waals surface area contributed by atoms with Crippen LogP contribution in [0.15, 0.2) is 59.8 Å². The van der Waals surface area contributed by atoms with Crippen LogP contribution < -0.4 is 5.32 Å². The molecule has 0 aliphatic rings. The van der Waals surface area contributed by atoms with Gasteiger partial charge in [0.1, 0.15) is 5.82 Å². The van der Waals surface area contributed by atoms with E-state index >= 15 is 0 Å². The molecule has 7 nitrogen and oxygen atoms in total. The number of amides is 1. The highest BCUT2D eigenvalue weighted by molar-refractivity contribution is 7.89. The fourth-order valence-corrected chi connectivity index (χ4v) is 3.90. The molecule has 0 bridgehead atoms. The minimum atomic E-state index is -3.71. The lowest BCUT2D eigenvalue weighted by molar-refractivity contribution is 0.102. The van der Waals surface area contributed by atoms with E-state index in [0.29, 0.717) is 10.7 Å². The molecule has 0 saturated carbocycles. The lowest BCUT2D eigenvalue weighted by Crippen LogP contribution is -2.27. The van der Waals surface area contributed by atoms with Gasteiger partial charge in [0.05, 0.1) is 17.0 Å². The Morgan fingerprint density at radius 2 is 1.67 bits per heavy atom. The molecule has 0 saturated heterocycles. The zero-order chi connectivity index (χ0) is 21.9. The quantitative estimate of drug-likeness (QED) is 0.623. The molecule has 0 fully saturated rings. The number of hydrogen-bond donors (Lipinski definition) is 1. The minimum absolute atomic E-state index is 0.0377. The molecule has 3 aromatic rings. The van der Waals surface area contributed by atoms with Crippen LogP contribution in [0.4, 0.5) is 5.69 Å². The number of nitrogens with one attached hydrogen (secondary N) is 1. The van der Waals surface area contributed by atoms with E-state index in [1.54, 1.807) is 0 Å². The monoisotopic (exact) mass is 444 g/mol. The van der Waals surface area contributed by atoms with Crippen LogP contribution in [0.25, 0.3) is 0 Å². The van der Waals surface area contributed by atoms with Crippen LogP contribution in [0.1, 0.15) is 27.3 Å². The van der Waals surface area contributed by atoms with E-state index < -0.39 is 10.0 Å². The normalized spacial score (nSPS) is 11.5. The van der Waals surface area contributed by atoms with Crippen molar-refractivity contribution in [2.45, 2.75) is 25.3 Å². The van der Waals surface area contributed by atoms with Gasteiger partial charge in [-0.25, -0.2) is 18.4 Å². The standard InChI is InChI=1S/C21H21ClN4O3S/c1-14-4-7-18(10-15(14)2)25-21(27)16-11-23-20(24-12-16)13-26(3)30(28,29)19-8-5-17(22)6-9-19/h4-12H,13H2,1-3H3,(H,25,27). The molecule has 0 unspecified atom stereocenters. The zero-order valence-electron chi connectivity index (χ0n) is 16.8. The maximum Gasteiger partial charge on any atom is 0.258 e. The topological polar surface area (TPSA) is 92.3 Å². The summed E-state index contributed by atoms with van der Waals surface area (Å²) in [7, 11) is -2.28. The Balaban J connectivity index is 1.68. The Hall–Kier alpha value is -2.81. The first-order valence-corrected chi connectivity index (χ1v) is 10.9. The lowest BCUT2D eigenvalue weighted by Gasteiger charge is -2.16. The van der Waals surface area contributed by atoms with Gasteiger partial charge in [-0.2, -0.15) is 4.31 Å². The predicted octanol–water partition coefficient (Wildman–Crippen LogP) is 3.82. The lowest BCUT2D eigenvalue weighted by atomic mass is 10.1. The van der Waals surface area contributed by atoms with Gasteiger partial charge in [-0.05, 0) is 61.4 Å². The molecule has 1 heterocycles. The summed E-state index contributed by atoms with van der Waals surface area (Å²) in [5, 5.41) is 3.25. The number of carbonyl (C=O) groups excluding carboxylic acids is 1. The highest BCUT2D eigenvalue weighted by Crippen LogP contribution is 2.19. The van der Waals surface area contributed by atoms with Crippen molar-refractivity contribution in [1.29, 1.82) is 0 Å². The van der Waals surface area contributed by atoms with Crippen molar-refractivity contribution < 1.29 is 13.2 Å². The van der Waals surface area contributed by atoms with E-state index in [1.807, 2.05) is 32.0 Å². The maximum atomic E-state index is 12.6. The first kappa shape index (κ1) is 21.9. The fraction of sp³-hybridized carbons (Fsp3) is 0.190. The van der Waals surface area contributed by atoms with E-state index in [2.05, 4.69) is 15.3 Å². The molecular formula is C21H21ClN4O3S. The van der Waals surface area contributed by atoms with E-state index in [4.69, 9.17) is 11.6 Å². The highest BCUT2D eigenvalue weighted by Gasteiger charge is 2.22. The number of nitrogens with zero attached hydrogens (tertiary/aromatic N) is 3. The highest BCUT2D eigenvalue weighted by atomic mass is 35.5. The largest absolute Gasteiger partial charge is 0.322 e. The van der Waals surface area contributed by atoms with Crippen LogP contribution in [0.2, 0.25) is 5.02 Å². The number of benzene rings is 2. The fourth-order valence-electron chi connectivity index (χ4n) is 2.65. The van der Waals surface area contributed by atoms with Gasteiger partial charge in [0, 0.05) is 30.2 Å². The Morgan fingerprint density at radius 3 is 2.27 bits per heavy atom. The molecule has 0 aliphatic heterocycles. The van der Waals surface area contributed by atoms with Crippen molar-refractivity contribution in [2.24, 2.45) is 0 Å². The molecule has 1 aromatic heterocycles. The van der Waals surface area contributed by atoms with E-state index in [9.17, 15) is 13.2 Å². The second-order valence-electron chi connectivity index (χ2n) is 6.86. The smallest absolute Gasteiger partial charge is 0.258 e. The Kier molecular flexibility index (Phi) is 6.50. The molecule has 1 amide bonds. The molecule has 156 valence electrons. The van der Waals surface area contributed by atoms with Gasteiger partial charge >= 0.3 is 0 Å². The predicted molar refractivity (Wildman–Crippen MR) is 116 cm³/mol. The van der Waals surface area contributed by atoms with Gasteiger partial charge in [0.2, 0.25) is 10.0 Å². The molecule has 1 N–H and O–H groups in total. The van der Waals surface area contributed by atoms with Crippen molar-refractivity contribution in [2.75, 3.05) is 12.4 Å². The van der Waals surface area contributed by atoms with Crippen molar-refractivity contribution in [3.05, 3.63) is 82.4 Å². The first-order valence-electron chi connectivity index (χ1n) is 9.08. The van der Waals surface area contributed by atoms with Gasteiger partial charge in [-0.1, -0.05) is 17.7 Å². The summed E-state index contributed by atoms with van der Waals surface area (Å²) < 4.78 is 26.4. The SMILES string of the molecule is Cc1ccc(NC(=O)c2cnc(CN(C)S(=O)(=O)c3ccc(Cl)cc3)nc2)cc1C. The summed E-state index contributed by atoms with van der Waals surface area (Å²) in [6.07, 6.45) is 2.75. The molecule has 9 heteroatoms. The van der Waals surface area contributed by atoms with Gasteiger partial charge in [-0.3, -0.25) is 4.79 Å². The average molecular weight is 445 g/mol. The van der Waals surface area contributed by atoms with Gasteiger partial charge in [0.25, 0.3) is 5.91 Å². The molecule has 0 atom stereocenters. The Bertz CT molecular complexity index is 1160. The minimum Gasteiger partial charge on any atom is -0.322 e. The number of aryl methyl sites for hydroxylation is 2. The van der Waals surface area contributed by atoms with Crippen molar-refractivity contribution in [3.8, 4) is 0 Å². The number of anilines is 1. The summed E-state index contributed by atoms with van der Waals surface area (Å²) in [6.45, 7) is 3.93. The van der Waals surface area contributed by atoms with Crippen molar-refractivity contribution in [1.82, 2.24) is 14.3 Å².